The number of rotatable bonds is 6. The molecule has 152 valence electrons. The average Bonchev–Trinajstić information content (AvgIpc) is 2.99. The Bertz CT molecular complexity index is 1140. The van der Waals surface area contributed by atoms with Crippen LogP contribution in [-0.2, 0) is 9.59 Å². The SMILES string of the molecule is CCOc1ccc(C2=C(Nc3cccc4ccccc34)C(=O)N(C(C)C)C2=O)cc1. The molecule has 1 aliphatic heterocycles. The molecule has 3 aromatic rings. The smallest absolute Gasteiger partial charge is 0.278 e. The van der Waals surface area contributed by atoms with Gasteiger partial charge in [-0.15, -0.1) is 0 Å². The summed E-state index contributed by atoms with van der Waals surface area (Å²) in [6, 6.07) is 20.8. The second kappa shape index (κ2) is 8.03. The molecule has 0 bridgehead atoms. The van der Waals surface area contributed by atoms with E-state index in [2.05, 4.69) is 5.32 Å². The Hall–Kier alpha value is -3.60. The first-order chi connectivity index (χ1) is 14.5. The van der Waals surface area contributed by atoms with Crippen LogP contribution in [0.4, 0.5) is 5.69 Å². The van der Waals surface area contributed by atoms with Crippen molar-refractivity contribution in [1.29, 1.82) is 0 Å². The third kappa shape index (κ3) is 3.43. The van der Waals surface area contributed by atoms with Gasteiger partial charge in [-0.05, 0) is 49.9 Å². The average molecular weight is 400 g/mol. The zero-order chi connectivity index (χ0) is 21.3. The van der Waals surface area contributed by atoms with E-state index in [1.807, 2.05) is 87.5 Å². The normalized spacial score (nSPS) is 14.2. The third-order valence-corrected chi connectivity index (χ3v) is 5.14. The first-order valence-corrected chi connectivity index (χ1v) is 10.1. The van der Waals surface area contributed by atoms with Crippen LogP contribution in [-0.4, -0.2) is 29.4 Å². The molecule has 1 N–H and O–H groups in total. The molecule has 0 saturated carbocycles. The highest BCUT2D eigenvalue weighted by molar-refractivity contribution is 6.36. The second-order valence-electron chi connectivity index (χ2n) is 7.43. The van der Waals surface area contributed by atoms with E-state index in [0.29, 0.717) is 23.4 Å². The number of hydrogen-bond donors (Lipinski definition) is 1. The molecule has 0 radical (unpaired) electrons. The van der Waals surface area contributed by atoms with E-state index in [9.17, 15) is 9.59 Å². The first kappa shape index (κ1) is 19.7. The van der Waals surface area contributed by atoms with Crippen molar-refractivity contribution < 1.29 is 14.3 Å². The number of imide groups is 1. The minimum atomic E-state index is -0.313. The molecule has 1 heterocycles. The molecule has 30 heavy (non-hydrogen) atoms. The Morgan fingerprint density at radius 2 is 1.60 bits per heavy atom. The van der Waals surface area contributed by atoms with Gasteiger partial charge >= 0.3 is 0 Å². The lowest BCUT2D eigenvalue weighted by molar-refractivity contribution is -0.138. The number of carbonyl (C=O) groups excluding carboxylic acids is 2. The summed E-state index contributed by atoms with van der Waals surface area (Å²) in [4.78, 5) is 27.7. The van der Waals surface area contributed by atoms with Crippen molar-refractivity contribution in [3.05, 3.63) is 78.0 Å². The number of fused-ring (bicyclic) bond motifs is 1. The highest BCUT2D eigenvalue weighted by Gasteiger charge is 2.40. The van der Waals surface area contributed by atoms with Gasteiger partial charge in [0, 0.05) is 17.1 Å². The number of benzene rings is 3. The van der Waals surface area contributed by atoms with Crippen LogP contribution in [0.25, 0.3) is 16.3 Å². The number of amides is 2. The Morgan fingerprint density at radius 1 is 0.900 bits per heavy atom. The maximum atomic E-state index is 13.2. The molecule has 0 saturated heterocycles. The quantitative estimate of drug-likeness (QED) is 0.602. The molecule has 0 aliphatic carbocycles. The number of carbonyl (C=O) groups is 2. The van der Waals surface area contributed by atoms with Crippen molar-refractivity contribution >= 4 is 33.8 Å². The molecule has 5 heteroatoms. The Labute approximate surface area is 176 Å². The van der Waals surface area contributed by atoms with Crippen LogP contribution < -0.4 is 10.1 Å². The molecule has 1 aliphatic rings. The van der Waals surface area contributed by atoms with Crippen LogP contribution >= 0.6 is 0 Å². The molecule has 3 aromatic carbocycles. The highest BCUT2D eigenvalue weighted by atomic mass is 16.5. The van der Waals surface area contributed by atoms with Crippen LogP contribution in [0.15, 0.2) is 72.4 Å². The van der Waals surface area contributed by atoms with Crippen LogP contribution in [0.1, 0.15) is 26.3 Å². The van der Waals surface area contributed by atoms with Crippen molar-refractivity contribution in [3.8, 4) is 5.75 Å². The number of nitrogens with one attached hydrogen (secondary N) is 1. The summed E-state index contributed by atoms with van der Waals surface area (Å²) in [5.41, 5.74) is 2.15. The number of nitrogens with zero attached hydrogens (tertiary/aromatic N) is 1. The van der Waals surface area contributed by atoms with E-state index in [1.54, 1.807) is 0 Å². The lowest BCUT2D eigenvalue weighted by Crippen LogP contribution is -2.38. The Morgan fingerprint density at radius 3 is 2.30 bits per heavy atom. The molecule has 2 amide bonds. The number of ether oxygens (including phenoxy) is 1. The van der Waals surface area contributed by atoms with Crippen molar-refractivity contribution in [2.24, 2.45) is 0 Å². The van der Waals surface area contributed by atoms with E-state index >= 15 is 0 Å². The van der Waals surface area contributed by atoms with Crippen LogP contribution in [0, 0.1) is 0 Å². The lowest BCUT2D eigenvalue weighted by Gasteiger charge is -2.19. The van der Waals surface area contributed by atoms with Gasteiger partial charge in [-0.1, -0.05) is 48.5 Å². The zero-order valence-electron chi connectivity index (χ0n) is 17.3. The molecule has 0 aromatic heterocycles. The largest absolute Gasteiger partial charge is 0.494 e. The summed E-state index contributed by atoms with van der Waals surface area (Å²) in [5, 5.41) is 5.32. The predicted molar refractivity (Wildman–Crippen MR) is 119 cm³/mol. The van der Waals surface area contributed by atoms with Crippen molar-refractivity contribution in [2.75, 3.05) is 11.9 Å². The maximum Gasteiger partial charge on any atom is 0.278 e. The van der Waals surface area contributed by atoms with Crippen molar-refractivity contribution in [2.45, 2.75) is 26.8 Å². The van der Waals surface area contributed by atoms with Gasteiger partial charge in [0.25, 0.3) is 11.8 Å². The molecule has 0 fully saturated rings. The Kier molecular flexibility index (Phi) is 5.27. The Balaban J connectivity index is 1.82. The molecule has 5 nitrogen and oxygen atoms in total. The molecule has 0 unspecified atom stereocenters. The summed E-state index contributed by atoms with van der Waals surface area (Å²) in [6.07, 6.45) is 0. The van der Waals surface area contributed by atoms with Crippen LogP contribution in [0.5, 0.6) is 5.75 Å². The van der Waals surface area contributed by atoms with Gasteiger partial charge in [-0.25, -0.2) is 0 Å². The second-order valence-corrected chi connectivity index (χ2v) is 7.43. The van der Waals surface area contributed by atoms with E-state index in [1.165, 1.54) is 4.90 Å². The van der Waals surface area contributed by atoms with Gasteiger partial charge in [0.15, 0.2) is 0 Å². The van der Waals surface area contributed by atoms with Crippen molar-refractivity contribution in [1.82, 2.24) is 4.90 Å². The number of hydrogen-bond acceptors (Lipinski definition) is 4. The standard InChI is InChI=1S/C25H24N2O3/c1-4-30-19-14-12-18(13-15-19)22-23(25(29)27(16(2)3)24(22)28)26-21-11-7-9-17-8-5-6-10-20(17)21/h5-16,26H,4H2,1-3H3. The van der Waals surface area contributed by atoms with Crippen molar-refractivity contribution in [3.63, 3.8) is 0 Å². The first-order valence-electron chi connectivity index (χ1n) is 10.1. The molecule has 4 rings (SSSR count). The minimum absolute atomic E-state index is 0.241. The van der Waals surface area contributed by atoms with E-state index in [4.69, 9.17) is 4.74 Å². The minimum Gasteiger partial charge on any atom is -0.494 e. The fraction of sp³-hybridized carbons (Fsp3) is 0.200. The van der Waals surface area contributed by atoms with Gasteiger partial charge < -0.3 is 10.1 Å². The van der Waals surface area contributed by atoms with E-state index in [0.717, 1.165) is 22.2 Å². The third-order valence-electron chi connectivity index (χ3n) is 5.14. The fourth-order valence-electron chi connectivity index (χ4n) is 3.75. The van der Waals surface area contributed by atoms with Crippen LogP contribution in [0.3, 0.4) is 0 Å². The maximum absolute atomic E-state index is 13.2. The van der Waals surface area contributed by atoms with Crippen LogP contribution in [0.2, 0.25) is 0 Å². The summed E-state index contributed by atoms with van der Waals surface area (Å²) < 4.78 is 5.51. The van der Waals surface area contributed by atoms with Gasteiger partial charge in [0.2, 0.25) is 0 Å². The fourth-order valence-corrected chi connectivity index (χ4v) is 3.75. The molecular weight excluding hydrogens is 376 g/mol. The monoisotopic (exact) mass is 400 g/mol. The lowest BCUT2D eigenvalue weighted by atomic mass is 10.0. The van der Waals surface area contributed by atoms with Gasteiger partial charge in [0.1, 0.15) is 11.4 Å². The van der Waals surface area contributed by atoms with Gasteiger partial charge in [-0.2, -0.15) is 0 Å². The predicted octanol–water partition coefficient (Wildman–Crippen LogP) is 4.84. The molecule has 0 atom stereocenters. The van der Waals surface area contributed by atoms with E-state index in [-0.39, 0.29) is 17.9 Å². The summed E-state index contributed by atoms with van der Waals surface area (Å²) in [7, 11) is 0. The van der Waals surface area contributed by atoms with Gasteiger partial charge in [0.05, 0.1) is 12.2 Å². The summed E-state index contributed by atoms with van der Waals surface area (Å²) >= 11 is 0. The number of anilines is 1. The summed E-state index contributed by atoms with van der Waals surface area (Å²) in [5.74, 6) is 0.122. The zero-order valence-corrected chi connectivity index (χ0v) is 17.3. The molecular formula is C25H24N2O3. The van der Waals surface area contributed by atoms with Gasteiger partial charge in [-0.3, -0.25) is 14.5 Å². The summed E-state index contributed by atoms with van der Waals surface area (Å²) in [6.45, 7) is 6.16. The highest BCUT2D eigenvalue weighted by Crippen LogP contribution is 2.34. The van der Waals surface area contributed by atoms with E-state index < -0.39 is 0 Å². The topological polar surface area (TPSA) is 58.6 Å². The molecule has 0 spiro atoms.